The molecule has 0 aliphatic rings. The first-order chi connectivity index (χ1) is 9.10. The molecule has 100 valence electrons. The van der Waals surface area contributed by atoms with Crippen LogP contribution in [0, 0.1) is 5.82 Å². The molecule has 0 aliphatic carbocycles. The number of aliphatic hydroxyl groups is 1. The summed E-state index contributed by atoms with van der Waals surface area (Å²) < 4.78 is 24.2. The summed E-state index contributed by atoms with van der Waals surface area (Å²) in [4.78, 5) is 0. The van der Waals surface area contributed by atoms with E-state index in [2.05, 4.69) is 0 Å². The zero-order chi connectivity index (χ0) is 13.8. The van der Waals surface area contributed by atoms with Crippen molar-refractivity contribution in [3.8, 4) is 17.2 Å². The van der Waals surface area contributed by atoms with Crippen LogP contribution < -0.4 is 9.47 Å². The van der Waals surface area contributed by atoms with E-state index in [0.717, 1.165) is 0 Å². The van der Waals surface area contributed by atoms with Gasteiger partial charge in [0.2, 0.25) is 0 Å². The summed E-state index contributed by atoms with van der Waals surface area (Å²) in [5.74, 6) is 0.838. The van der Waals surface area contributed by atoms with Gasteiger partial charge in [0.05, 0.1) is 13.2 Å². The van der Waals surface area contributed by atoms with Gasteiger partial charge < -0.3 is 14.6 Å². The fraction of sp³-hybridized carbons (Fsp3) is 0.200. The van der Waals surface area contributed by atoms with Crippen LogP contribution in [0.25, 0.3) is 0 Å². The lowest BCUT2D eigenvalue weighted by atomic mass is 10.1. The normalized spacial score (nSPS) is 12.0. The molecule has 3 nitrogen and oxygen atoms in total. The number of rotatable bonds is 4. The summed E-state index contributed by atoms with van der Waals surface area (Å²) in [6.45, 7) is 1.58. The van der Waals surface area contributed by atoms with Crippen molar-refractivity contribution in [2.45, 2.75) is 13.0 Å². The van der Waals surface area contributed by atoms with E-state index in [4.69, 9.17) is 9.47 Å². The first-order valence-electron chi connectivity index (χ1n) is 5.89. The van der Waals surface area contributed by atoms with E-state index in [1.165, 1.54) is 12.1 Å². The van der Waals surface area contributed by atoms with Crippen LogP contribution in [0.4, 0.5) is 4.39 Å². The molecular formula is C15H15FO3. The van der Waals surface area contributed by atoms with Crippen molar-refractivity contribution in [3.63, 3.8) is 0 Å². The molecule has 0 saturated carbocycles. The Hall–Kier alpha value is -2.07. The number of benzene rings is 2. The van der Waals surface area contributed by atoms with Gasteiger partial charge in [-0.25, -0.2) is 4.39 Å². The SMILES string of the molecule is COc1ccc(Oc2ccc([C@@H](C)O)cc2F)cc1. The van der Waals surface area contributed by atoms with Crippen molar-refractivity contribution in [1.82, 2.24) is 0 Å². The van der Waals surface area contributed by atoms with E-state index in [-0.39, 0.29) is 5.75 Å². The molecule has 0 radical (unpaired) electrons. The Balaban J connectivity index is 2.18. The molecule has 0 bridgehead atoms. The standard InChI is InChI=1S/C15H15FO3/c1-10(17)11-3-8-15(14(16)9-11)19-13-6-4-12(18-2)5-7-13/h3-10,17H,1-2H3/t10-/m1/s1. The van der Waals surface area contributed by atoms with Crippen molar-refractivity contribution in [2.75, 3.05) is 7.11 Å². The number of halogens is 1. The molecule has 0 aromatic heterocycles. The molecule has 4 heteroatoms. The summed E-state index contributed by atoms with van der Waals surface area (Å²) in [5.41, 5.74) is 0.514. The predicted octanol–water partition coefficient (Wildman–Crippen LogP) is 3.68. The molecule has 0 unspecified atom stereocenters. The molecule has 1 atom stereocenters. The lowest BCUT2D eigenvalue weighted by Crippen LogP contribution is -1.94. The summed E-state index contributed by atoms with van der Waals surface area (Å²) in [5, 5.41) is 9.37. The third-order valence-electron chi connectivity index (χ3n) is 2.73. The first kappa shape index (κ1) is 13.4. The van der Waals surface area contributed by atoms with Crippen molar-refractivity contribution in [1.29, 1.82) is 0 Å². The number of ether oxygens (including phenoxy) is 2. The average Bonchev–Trinajstić information content (AvgIpc) is 2.41. The molecule has 2 rings (SSSR count). The van der Waals surface area contributed by atoms with Gasteiger partial charge in [0.15, 0.2) is 11.6 Å². The van der Waals surface area contributed by atoms with Gasteiger partial charge in [-0.3, -0.25) is 0 Å². The zero-order valence-electron chi connectivity index (χ0n) is 10.8. The Labute approximate surface area is 111 Å². The Morgan fingerprint density at radius 1 is 1.05 bits per heavy atom. The van der Waals surface area contributed by atoms with Gasteiger partial charge in [-0.1, -0.05) is 6.07 Å². The van der Waals surface area contributed by atoms with Crippen molar-refractivity contribution in [3.05, 3.63) is 53.8 Å². The zero-order valence-corrected chi connectivity index (χ0v) is 10.8. The van der Waals surface area contributed by atoms with E-state index < -0.39 is 11.9 Å². The highest BCUT2D eigenvalue weighted by Gasteiger charge is 2.08. The maximum absolute atomic E-state index is 13.8. The lowest BCUT2D eigenvalue weighted by molar-refractivity contribution is 0.198. The first-order valence-corrected chi connectivity index (χ1v) is 5.89. The Bertz CT molecular complexity index is 550. The Kier molecular flexibility index (Phi) is 4.02. The molecule has 0 aliphatic heterocycles. The highest BCUT2D eigenvalue weighted by atomic mass is 19.1. The Morgan fingerprint density at radius 3 is 2.21 bits per heavy atom. The molecule has 0 fully saturated rings. The van der Waals surface area contributed by atoms with E-state index in [1.54, 1.807) is 44.4 Å². The minimum absolute atomic E-state index is 0.120. The average molecular weight is 262 g/mol. The van der Waals surface area contributed by atoms with Crippen LogP contribution >= 0.6 is 0 Å². The molecular weight excluding hydrogens is 247 g/mol. The third-order valence-corrected chi connectivity index (χ3v) is 2.73. The number of methoxy groups -OCH3 is 1. The van der Waals surface area contributed by atoms with E-state index in [0.29, 0.717) is 17.1 Å². The van der Waals surface area contributed by atoms with Crippen LogP contribution in [0.5, 0.6) is 17.2 Å². The molecule has 0 saturated heterocycles. The van der Waals surface area contributed by atoms with Gasteiger partial charge in [-0.15, -0.1) is 0 Å². The number of hydrogen-bond donors (Lipinski definition) is 1. The number of hydrogen-bond acceptors (Lipinski definition) is 3. The third kappa shape index (κ3) is 3.23. The van der Waals surface area contributed by atoms with Gasteiger partial charge in [0.25, 0.3) is 0 Å². The second kappa shape index (κ2) is 5.71. The monoisotopic (exact) mass is 262 g/mol. The quantitative estimate of drug-likeness (QED) is 0.913. The summed E-state index contributed by atoms with van der Waals surface area (Å²) in [7, 11) is 1.57. The van der Waals surface area contributed by atoms with Crippen LogP contribution in [0.1, 0.15) is 18.6 Å². The van der Waals surface area contributed by atoms with Gasteiger partial charge in [-0.2, -0.15) is 0 Å². The van der Waals surface area contributed by atoms with Crippen LogP contribution in [-0.4, -0.2) is 12.2 Å². The lowest BCUT2D eigenvalue weighted by Gasteiger charge is -2.10. The van der Waals surface area contributed by atoms with Gasteiger partial charge >= 0.3 is 0 Å². The van der Waals surface area contributed by atoms with E-state index in [9.17, 15) is 9.50 Å². The van der Waals surface area contributed by atoms with Crippen molar-refractivity contribution in [2.24, 2.45) is 0 Å². The van der Waals surface area contributed by atoms with Gasteiger partial charge in [0, 0.05) is 0 Å². The highest BCUT2D eigenvalue weighted by Crippen LogP contribution is 2.28. The van der Waals surface area contributed by atoms with Crippen LogP contribution in [0.3, 0.4) is 0 Å². The molecule has 2 aromatic carbocycles. The van der Waals surface area contributed by atoms with Crippen LogP contribution in [-0.2, 0) is 0 Å². The molecule has 0 heterocycles. The summed E-state index contributed by atoms with van der Waals surface area (Å²) >= 11 is 0. The van der Waals surface area contributed by atoms with Crippen molar-refractivity contribution >= 4 is 0 Å². The predicted molar refractivity (Wildman–Crippen MR) is 70.1 cm³/mol. The second-order valence-corrected chi connectivity index (χ2v) is 4.14. The second-order valence-electron chi connectivity index (χ2n) is 4.14. The van der Waals surface area contributed by atoms with Crippen molar-refractivity contribution < 1.29 is 19.0 Å². The molecule has 19 heavy (non-hydrogen) atoms. The number of aliphatic hydroxyl groups excluding tert-OH is 1. The molecule has 0 amide bonds. The minimum atomic E-state index is -0.704. The maximum atomic E-state index is 13.8. The van der Waals surface area contributed by atoms with E-state index >= 15 is 0 Å². The smallest absolute Gasteiger partial charge is 0.166 e. The van der Waals surface area contributed by atoms with Crippen LogP contribution in [0.2, 0.25) is 0 Å². The van der Waals surface area contributed by atoms with Gasteiger partial charge in [0.1, 0.15) is 11.5 Å². The fourth-order valence-electron chi connectivity index (χ4n) is 1.63. The largest absolute Gasteiger partial charge is 0.497 e. The topological polar surface area (TPSA) is 38.7 Å². The Morgan fingerprint density at radius 2 is 1.68 bits per heavy atom. The van der Waals surface area contributed by atoms with Gasteiger partial charge in [-0.05, 0) is 48.9 Å². The molecule has 0 spiro atoms. The summed E-state index contributed by atoms with van der Waals surface area (Å²) in [6, 6.07) is 11.3. The summed E-state index contributed by atoms with van der Waals surface area (Å²) in [6.07, 6.45) is -0.704. The molecule has 1 N–H and O–H groups in total. The highest BCUT2D eigenvalue weighted by molar-refractivity contribution is 5.37. The van der Waals surface area contributed by atoms with E-state index in [1.807, 2.05) is 0 Å². The minimum Gasteiger partial charge on any atom is -0.497 e. The molecule has 2 aromatic rings. The van der Waals surface area contributed by atoms with Crippen LogP contribution in [0.15, 0.2) is 42.5 Å². The maximum Gasteiger partial charge on any atom is 0.166 e. The fourth-order valence-corrected chi connectivity index (χ4v) is 1.63.